The normalized spacial score (nSPS) is 16.1. The van der Waals surface area contributed by atoms with E-state index in [1.165, 1.54) is 12.8 Å². The SMILES string of the molecule is CCCCc1nc(I)c(C(OC)OCCOC)n1Cc1ccc(C(C(=O)OC(C)(C)C)C2CCCC2)cc1. The molecule has 0 aliphatic heterocycles. The van der Waals surface area contributed by atoms with Crippen LogP contribution in [0.1, 0.15) is 101 Å². The van der Waals surface area contributed by atoms with Crippen molar-refractivity contribution in [3.63, 3.8) is 0 Å². The number of unbranched alkanes of at least 4 members (excludes halogenated alkanes) is 1. The predicted molar refractivity (Wildman–Crippen MR) is 157 cm³/mol. The molecule has 2 aromatic rings. The fourth-order valence-electron chi connectivity index (χ4n) is 5.17. The first-order valence-corrected chi connectivity index (χ1v) is 15.0. The third-order valence-electron chi connectivity index (χ3n) is 7.00. The number of methoxy groups -OCH3 is 2. The number of carbonyl (C=O) groups excluding carboxylic acids is 1. The van der Waals surface area contributed by atoms with Gasteiger partial charge in [0.05, 0.1) is 19.1 Å². The lowest BCUT2D eigenvalue weighted by Crippen LogP contribution is -2.30. The Morgan fingerprint density at radius 1 is 1.13 bits per heavy atom. The second kappa shape index (κ2) is 14.8. The summed E-state index contributed by atoms with van der Waals surface area (Å²) >= 11 is 2.28. The molecule has 1 fully saturated rings. The van der Waals surface area contributed by atoms with Crippen LogP contribution < -0.4 is 0 Å². The summed E-state index contributed by atoms with van der Waals surface area (Å²) in [6, 6.07) is 8.49. The molecule has 1 aromatic heterocycles. The van der Waals surface area contributed by atoms with Crippen molar-refractivity contribution in [3.8, 4) is 0 Å². The Balaban J connectivity index is 1.89. The Hall–Kier alpha value is -1.49. The molecule has 7 nitrogen and oxygen atoms in total. The first kappa shape index (κ1) is 31.0. The summed E-state index contributed by atoms with van der Waals surface area (Å²) in [5.74, 6) is 1.04. The van der Waals surface area contributed by atoms with Gasteiger partial charge in [-0.25, -0.2) is 4.98 Å². The molecule has 0 saturated heterocycles. The van der Waals surface area contributed by atoms with Gasteiger partial charge >= 0.3 is 5.97 Å². The molecule has 0 bridgehead atoms. The Morgan fingerprint density at radius 3 is 2.39 bits per heavy atom. The summed E-state index contributed by atoms with van der Waals surface area (Å²) in [5, 5.41) is 0. The number of benzene rings is 1. The van der Waals surface area contributed by atoms with Crippen LogP contribution in [0.3, 0.4) is 0 Å². The van der Waals surface area contributed by atoms with Crippen LogP contribution in [0.2, 0.25) is 0 Å². The van der Waals surface area contributed by atoms with E-state index < -0.39 is 11.9 Å². The van der Waals surface area contributed by atoms with Crippen molar-refractivity contribution in [2.24, 2.45) is 5.92 Å². The van der Waals surface area contributed by atoms with Crippen LogP contribution in [0.25, 0.3) is 0 Å². The second-order valence-corrected chi connectivity index (χ2v) is 12.1. The van der Waals surface area contributed by atoms with Gasteiger partial charge in [-0.2, -0.15) is 0 Å². The molecule has 1 aromatic carbocycles. The van der Waals surface area contributed by atoms with E-state index in [2.05, 4.69) is 58.3 Å². The van der Waals surface area contributed by atoms with E-state index in [4.69, 9.17) is 23.9 Å². The minimum atomic E-state index is -0.530. The number of nitrogens with zero attached hydrogens (tertiary/aromatic N) is 2. The highest BCUT2D eigenvalue weighted by molar-refractivity contribution is 14.1. The molecule has 212 valence electrons. The van der Waals surface area contributed by atoms with Gasteiger partial charge in [-0.3, -0.25) is 4.79 Å². The third-order valence-corrected chi connectivity index (χ3v) is 7.79. The van der Waals surface area contributed by atoms with Gasteiger partial charge in [0.2, 0.25) is 6.29 Å². The number of esters is 1. The standard InChI is InChI=1S/C30H45IN2O5/c1-7-8-13-24-32-27(31)26(29(36-6)37-19-18-35-5)33(24)20-21-14-16-23(17-15-21)25(22-11-9-10-12-22)28(34)38-30(2,3)4/h14-17,22,25,29H,7-13,18-20H2,1-6H3. The van der Waals surface area contributed by atoms with Crippen LogP contribution in [0.5, 0.6) is 0 Å². The quantitative estimate of drug-likeness (QED) is 0.0979. The van der Waals surface area contributed by atoms with Gasteiger partial charge in [-0.1, -0.05) is 50.5 Å². The van der Waals surface area contributed by atoms with Gasteiger partial charge in [0.1, 0.15) is 20.8 Å². The van der Waals surface area contributed by atoms with Gasteiger partial charge in [0, 0.05) is 27.2 Å². The van der Waals surface area contributed by atoms with Crippen molar-refractivity contribution in [2.45, 2.75) is 97.0 Å². The number of carbonyl (C=O) groups is 1. The molecular weight excluding hydrogens is 595 g/mol. The average molecular weight is 641 g/mol. The third kappa shape index (κ3) is 8.50. The van der Waals surface area contributed by atoms with E-state index >= 15 is 0 Å². The van der Waals surface area contributed by atoms with Gasteiger partial charge in [0.25, 0.3) is 0 Å². The smallest absolute Gasteiger partial charge is 0.314 e. The van der Waals surface area contributed by atoms with Crippen molar-refractivity contribution in [1.82, 2.24) is 9.55 Å². The summed E-state index contributed by atoms with van der Waals surface area (Å²) < 4.78 is 25.9. The Morgan fingerprint density at radius 2 is 1.82 bits per heavy atom. The zero-order valence-corrected chi connectivity index (χ0v) is 26.1. The van der Waals surface area contributed by atoms with E-state index in [1.807, 2.05) is 20.8 Å². The largest absolute Gasteiger partial charge is 0.459 e. The van der Waals surface area contributed by atoms with Crippen LogP contribution in [0.15, 0.2) is 24.3 Å². The van der Waals surface area contributed by atoms with Crippen molar-refractivity contribution in [3.05, 3.63) is 50.6 Å². The lowest BCUT2D eigenvalue weighted by molar-refractivity contribution is -0.158. The maximum atomic E-state index is 13.3. The van der Waals surface area contributed by atoms with Crippen molar-refractivity contribution in [2.75, 3.05) is 27.4 Å². The van der Waals surface area contributed by atoms with Crippen molar-refractivity contribution < 1.29 is 23.7 Å². The van der Waals surface area contributed by atoms with Crippen LogP contribution >= 0.6 is 22.6 Å². The molecule has 0 spiro atoms. The van der Waals surface area contributed by atoms with Gasteiger partial charge in [0.15, 0.2) is 0 Å². The van der Waals surface area contributed by atoms with Gasteiger partial charge < -0.3 is 23.5 Å². The number of aromatic nitrogens is 2. The van der Waals surface area contributed by atoms with E-state index in [0.29, 0.717) is 25.7 Å². The number of hydrogen-bond acceptors (Lipinski definition) is 6. The number of hydrogen-bond donors (Lipinski definition) is 0. The first-order valence-electron chi connectivity index (χ1n) is 13.9. The summed E-state index contributed by atoms with van der Waals surface area (Å²) in [4.78, 5) is 18.2. The molecule has 1 heterocycles. The predicted octanol–water partition coefficient (Wildman–Crippen LogP) is 6.80. The molecule has 1 saturated carbocycles. The van der Waals surface area contributed by atoms with Crippen molar-refractivity contribution in [1.29, 1.82) is 0 Å². The number of ether oxygens (including phenoxy) is 4. The van der Waals surface area contributed by atoms with E-state index in [-0.39, 0.29) is 11.9 Å². The van der Waals surface area contributed by atoms with Crippen LogP contribution in [0, 0.1) is 9.62 Å². The maximum Gasteiger partial charge on any atom is 0.314 e. The lowest BCUT2D eigenvalue weighted by atomic mass is 9.84. The molecule has 1 aliphatic rings. The summed E-state index contributed by atoms with van der Waals surface area (Å²) in [6.45, 7) is 9.58. The Kier molecular flexibility index (Phi) is 12.1. The number of imidazole rings is 1. The average Bonchev–Trinajstić information content (AvgIpc) is 3.49. The van der Waals surface area contributed by atoms with Crippen LogP contribution in [-0.4, -0.2) is 48.6 Å². The highest BCUT2D eigenvalue weighted by Gasteiger charge is 2.35. The highest BCUT2D eigenvalue weighted by Crippen LogP contribution is 2.39. The second-order valence-electron chi connectivity index (χ2n) is 11.1. The molecule has 8 heteroatoms. The topological polar surface area (TPSA) is 71.8 Å². The molecule has 0 amide bonds. The summed E-state index contributed by atoms with van der Waals surface area (Å²) in [6.07, 6.45) is 7.02. The summed E-state index contributed by atoms with van der Waals surface area (Å²) in [7, 11) is 3.32. The monoisotopic (exact) mass is 640 g/mol. The van der Waals surface area contributed by atoms with E-state index in [1.54, 1.807) is 14.2 Å². The minimum Gasteiger partial charge on any atom is -0.459 e. The summed E-state index contributed by atoms with van der Waals surface area (Å²) in [5.41, 5.74) is 2.61. The Labute approximate surface area is 242 Å². The van der Waals surface area contributed by atoms with Gasteiger partial charge in [-0.05, 0) is 79.7 Å². The molecule has 1 aliphatic carbocycles. The molecule has 3 rings (SSSR count). The molecular formula is C30H45IN2O5. The molecule has 2 unspecified atom stereocenters. The fourth-order valence-corrected chi connectivity index (χ4v) is 6.00. The zero-order valence-electron chi connectivity index (χ0n) is 23.9. The number of halogens is 1. The Bertz CT molecular complexity index is 1010. The minimum absolute atomic E-state index is 0.110. The van der Waals surface area contributed by atoms with Crippen LogP contribution in [-0.2, 0) is 36.7 Å². The van der Waals surface area contributed by atoms with E-state index in [0.717, 1.165) is 58.5 Å². The molecule has 2 atom stereocenters. The maximum absolute atomic E-state index is 13.3. The lowest BCUT2D eigenvalue weighted by Gasteiger charge is -2.27. The molecule has 0 N–H and O–H groups in total. The number of rotatable bonds is 14. The number of aryl methyl sites for hydroxylation is 1. The zero-order chi connectivity index (χ0) is 27.7. The van der Waals surface area contributed by atoms with Crippen LogP contribution in [0.4, 0.5) is 0 Å². The first-order chi connectivity index (χ1) is 18.2. The van der Waals surface area contributed by atoms with Crippen molar-refractivity contribution >= 4 is 28.6 Å². The van der Waals surface area contributed by atoms with Gasteiger partial charge in [-0.15, -0.1) is 0 Å². The fraction of sp³-hybridized carbons (Fsp3) is 0.667. The van der Waals surface area contributed by atoms with E-state index in [9.17, 15) is 4.79 Å². The molecule has 0 radical (unpaired) electrons. The highest BCUT2D eigenvalue weighted by atomic mass is 127. The molecule has 38 heavy (non-hydrogen) atoms.